The molecule has 3 atom stereocenters. The number of morpholine rings is 1. The highest BCUT2D eigenvalue weighted by molar-refractivity contribution is 6.08. The van der Waals surface area contributed by atoms with Crippen molar-refractivity contribution in [3.63, 3.8) is 0 Å². The summed E-state index contributed by atoms with van der Waals surface area (Å²) in [7, 11) is 0. The molecule has 0 amide bonds. The van der Waals surface area contributed by atoms with Gasteiger partial charge in [-0.3, -0.25) is 0 Å². The molecule has 0 bridgehead atoms. The van der Waals surface area contributed by atoms with E-state index < -0.39 is 0 Å². The highest BCUT2D eigenvalue weighted by Gasteiger charge is 2.35. The maximum absolute atomic E-state index is 6.28. The van der Waals surface area contributed by atoms with Crippen LogP contribution in [0.5, 0.6) is 0 Å². The van der Waals surface area contributed by atoms with Crippen LogP contribution in [0.25, 0.3) is 21.8 Å². The highest BCUT2D eigenvalue weighted by Crippen LogP contribution is 2.40. The Balaban J connectivity index is 1.90. The maximum Gasteiger partial charge on any atom is 0.0750 e. The summed E-state index contributed by atoms with van der Waals surface area (Å²) < 4.78 is 8.90. The molecule has 1 aromatic heterocycles. The van der Waals surface area contributed by atoms with Gasteiger partial charge in [0.05, 0.1) is 12.7 Å². The number of nitrogens with zero attached hydrogens (tertiary/aromatic N) is 1. The lowest BCUT2D eigenvalue weighted by molar-refractivity contribution is -0.0396. The summed E-state index contributed by atoms with van der Waals surface area (Å²) in [5, 5.41) is 6.27. The fraction of sp³-hybridized carbons (Fsp3) is 0.500. The fourth-order valence-electron chi connectivity index (χ4n) is 5.05. The largest absolute Gasteiger partial charge is 0.375 e. The van der Waals surface area contributed by atoms with E-state index in [4.69, 9.17) is 4.74 Å². The Hall–Kier alpha value is -1.84. The minimum atomic E-state index is 0.273. The lowest BCUT2D eigenvalue weighted by atomic mass is 9.81. The van der Waals surface area contributed by atoms with Crippen LogP contribution in [0.3, 0.4) is 0 Å². The first-order chi connectivity index (χ1) is 13.2. The van der Waals surface area contributed by atoms with Crippen LogP contribution in [0.1, 0.15) is 39.7 Å². The molecule has 0 saturated carbocycles. The zero-order chi connectivity index (χ0) is 18.8. The Morgan fingerprint density at radius 3 is 2.19 bits per heavy atom. The molecule has 0 radical (unpaired) electrons. The van der Waals surface area contributed by atoms with Gasteiger partial charge in [-0.2, -0.15) is 0 Å². The molecular formula is C24H32N2O. The van der Waals surface area contributed by atoms with Gasteiger partial charge in [-0.25, -0.2) is 0 Å². The summed E-state index contributed by atoms with van der Waals surface area (Å²) in [4.78, 5) is 0. The molecule has 2 aromatic carbocycles. The number of benzene rings is 2. The van der Waals surface area contributed by atoms with Crippen molar-refractivity contribution in [1.29, 1.82) is 0 Å². The average molecular weight is 365 g/mol. The van der Waals surface area contributed by atoms with E-state index in [1.807, 2.05) is 0 Å². The average Bonchev–Trinajstić information content (AvgIpc) is 3.03. The number of ether oxygens (including phenoxy) is 1. The van der Waals surface area contributed by atoms with Gasteiger partial charge in [-0.15, -0.1) is 0 Å². The van der Waals surface area contributed by atoms with E-state index in [0.29, 0.717) is 17.9 Å². The van der Waals surface area contributed by atoms with Crippen LogP contribution >= 0.6 is 0 Å². The zero-order valence-corrected chi connectivity index (χ0v) is 16.8. The molecule has 144 valence electrons. The maximum atomic E-state index is 6.28. The number of nitrogens with one attached hydrogen (secondary N) is 1. The molecule has 0 spiro atoms. The third-order valence-corrected chi connectivity index (χ3v) is 6.13. The van der Waals surface area contributed by atoms with Gasteiger partial charge < -0.3 is 14.6 Å². The molecule has 3 aromatic rings. The standard InChI is InChI=1S/C24H32N2O/c1-4-9-22(24(17(2)3)23-16-25-14-15-27-23)26-20-12-7-5-10-18(20)19-11-6-8-13-21(19)26/h5-8,10-13,17,22-25H,4,9,14-16H2,1-3H3. The Morgan fingerprint density at radius 2 is 1.67 bits per heavy atom. The van der Waals surface area contributed by atoms with Crippen molar-refractivity contribution in [2.24, 2.45) is 11.8 Å². The monoisotopic (exact) mass is 364 g/mol. The van der Waals surface area contributed by atoms with E-state index in [-0.39, 0.29) is 6.10 Å². The van der Waals surface area contributed by atoms with Crippen molar-refractivity contribution in [1.82, 2.24) is 9.88 Å². The smallest absolute Gasteiger partial charge is 0.0750 e. The second kappa shape index (κ2) is 8.04. The number of para-hydroxylation sites is 2. The van der Waals surface area contributed by atoms with Gasteiger partial charge in [0.2, 0.25) is 0 Å². The second-order valence-electron chi connectivity index (χ2n) is 8.20. The van der Waals surface area contributed by atoms with Crippen molar-refractivity contribution in [2.75, 3.05) is 19.7 Å². The normalized spacial score (nSPS) is 20.4. The molecule has 2 heterocycles. The first-order valence-corrected chi connectivity index (χ1v) is 10.5. The summed E-state index contributed by atoms with van der Waals surface area (Å²) in [5.41, 5.74) is 2.71. The number of fused-ring (bicyclic) bond motifs is 3. The van der Waals surface area contributed by atoms with Crippen molar-refractivity contribution >= 4 is 21.8 Å². The molecule has 27 heavy (non-hydrogen) atoms. The number of aromatic nitrogens is 1. The van der Waals surface area contributed by atoms with Gasteiger partial charge in [0.1, 0.15) is 0 Å². The van der Waals surface area contributed by atoms with E-state index in [9.17, 15) is 0 Å². The van der Waals surface area contributed by atoms with Crippen molar-refractivity contribution < 1.29 is 4.74 Å². The first-order valence-electron chi connectivity index (χ1n) is 10.5. The molecule has 1 saturated heterocycles. The topological polar surface area (TPSA) is 26.2 Å². The minimum absolute atomic E-state index is 0.273. The molecule has 3 nitrogen and oxygen atoms in total. The second-order valence-corrected chi connectivity index (χ2v) is 8.20. The van der Waals surface area contributed by atoms with E-state index in [1.54, 1.807) is 0 Å². The van der Waals surface area contributed by atoms with Crippen molar-refractivity contribution in [3.05, 3.63) is 48.5 Å². The Bertz CT molecular complexity index is 838. The zero-order valence-electron chi connectivity index (χ0n) is 16.8. The van der Waals surface area contributed by atoms with E-state index in [0.717, 1.165) is 19.7 Å². The summed E-state index contributed by atoms with van der Waals surface area (Å²) >= 11 is 0. The van der Waals surface area contributed by atoms with E-state index >= 15 is 0 Å². The molecule has 4 rings (SSSR count). The van der Waals surface area contributed by atoms with Crippen LogP contribution in [0.2, 0.25) is 0 Å². The third kappa shape index (κ3) is 3.39. The molecule has 1 fully saturated rings. The summed E-state index contributed by atoms with van der Waals surface area (Å²) in [6.45, 7) is 9.77. The fourth-order valence-corrected chi connectivity index (χ4v) is 5.05. The minimum Gasteiger partial charge on any atom is -0.375 e. The van der Waals surface area contributed by atoms with Crippen LogP contribution < -0.4 is 5.32 Å². The van der Waals surface area contributed by atoms with Gasteiger partial charge in [-0.1, -0.05) is 63.6 Å². The molecular weight excluding hydrogens is 332 g/mol. The van der Waals surface area contributed by atoms with Crippen LogP contribution in [0.4, 0.5) is 0 Å². The number of hydrogen-bond donors (Lipinski definition) is 1. The van der Waals surface area contributed by atoms with Crippen LogP contribution in [-0.2, 0) is 4.74 Å². The van der Waals surface area contributed by atoms with E-state index in [2.05, 4.69) is 79.2 Å². The molecule has 3 unspecified atom stereocenters. The lowest BCUT2D eigenvalue weighted by Gasteiger charge is -2.40. The number of hydrogen-bond acceptors (Lipinski definition) is 2. The van der Waals surface area contributed by atoms with Crippen LogP contribution in [0.15, 0.2) is 48.5 Å². The van der Waals surface area contributed by atoms with Crippen LogP contribution in [-0.4, -0.2) is 30.4 Å². The van der Waals surface area contributed by atoms with Crippen molar-refractivity contribution in [3.8, 4) is 0 Å². The summed E-state index contributed by atoms with van der Waals surface area (Å²) in [6.07, 6.45) is 2.62. The van der Waals surface area contributed by atoms with Gasteiger partial charge in [0.15, 0.2) is 0 Å². The van der Waals surface area contributed by atoms with Gasteiger partial charge in [-0.05, 0) is 24.5 Å². The third-order valence-electron chi connectivity index (χ3n) is 6.13. The van der Waals surface area contributed by atoms with Gasteiger partial charge >= 0.3 is 0 Å². The predicted molar refractivity (Wildman–Crippen MR) is 114 cm³/mol. The lowest BCUT2D eigenvalue weighted by Crippen LogP contribution is -2.47. The Morgan fingerprint density at radius 1 is 1.04 bits per heavy atom. The van der Waals surface area contributed by atoms with Gasteiger partial charge in [0, 0.05) is 46.9 Å². The first kappa shape index (κ1) is 18.5. The Kier molecular flexibility index (Phi) is 5.51. The van der Waals surface area contributed by atoms with Gasteiger partial charge in [0.25, 0.3) is 0 Å². The SMILES string of the molecule is CCCC(C(C(C)C)C1CNCCO1)n1c2ccccc2c2ccccc21. The molecule has 1 aliphatic heterocycles. The summed E-state index contributed by atoms with van der Waals surface area (Å²) in [5.74, 6) is 1.04. The van der Waals surface area contributed by atoms with E-state index in [1.165, 1.54) is 34.6 Å². The summed E-state index contributed by atoms with van der Waals surface area (Å²) in [6, 6.07) is 18.2. The van der Waals surface area contributed by atoms with Crippen molar-refractivity contribution in [2.45, 2.75) is 45.8 Å². The highest BCUT2D eigenvalue weighted by atomic mass is 16.5. The quantitative estimate of drug-likeness (QED) is 0.634. The molecule has 1 N–H and O–H groups in total. The molecule has 1 aliphatic rings. The number of rotatable bonds is 6. The van der Waals surface area contributed by atoms with Crippen LogP contribution in [0, 0.1) is 11.8 Å². The molecule has 0 aliphatic carbocycles. The predicted octanol–water partition coefficient (Wildman–Crippen LogP) is 5.40. The Labute approximate surface area is 162 Å². The molecule has 3 heteroatoms.